The van der Waals surface area contributed by atoms with Gasteiger partial charge < -0.3 is 24.5 Å². The van der Waals surface area contributed by atoms with Gasteiger partial charge in [0.05, 0.1) is 19.7 Å². The fourth-order valence-electron chi connectivity index (χ4n) is 4.70. The van der Waals surface area contributed by atoms with Crippen LogP contribution in [-0.2, 0) is 29.2 Å². The number of carbonyl (C=O) groups is 1. The maximum atomic E-state index is 12.4. The first-order valence-corrected chi connectivity index (χ1v) is 14.0. The number of aromatic amines is 2. The van der Waals surface area contributed by atoms with Crippen molar-refractivity contribution in [1.29, 1.82) is 0 Å². The summed E-state index contributed by atoms with van der Waals surface area (Å²) in [6.07, 6.45) is 11.8. The van der Waals surface area contributed by atoms with Crippen molar-refractivity contribution < 1.29 is 9.53 Å². The molecule has 0 saturated carbocycles. The third kappa shape index (κ3) is 10.3. The van der Waals surface area contributed by atoms with Crippen LogP contribution in [0.5, 0.6) is 0 Å². The number of rotatable bonds is 19. The maximum absolute atomic E-state index is 12.4. The maximum Gasteiger partial charge on any atom is 0.325 e. The van der Waals surface area contributed by atoms with Gasteiger partial charge in [-0.15, -0.1) is 0 Å². The topological polar surface area (TPSA) is 93.4 Å². The minimum Gasteiger partial charge on any atom is -0.465 e. The summed E-state index contributed by atoms with van der Waals surface area (Å²) in [6, 6.07) is 8.53. The molecule has 2 aromatic heterocycles. The molecule has 0 aliphatic carbocycles. The van der Waals surface area contributed by atoms with E-state index in [1.165, 1.54) is 18.4 Å². The van der Waals surface area contributed by atoms with E-state index in [0.29, 0.717) is 19.7 Å². The van der Waals surface area contributed by atoms with Crippen molar-refractivity contribution in [1.82, 2.24) is 29.7 Å². The van der Waals surface area contributed by atoms with Crippen LogP contribution in [0.2, 0.25) is 0 Å². The first kappa shape index (κ1) is 29.4. The lowest BCUT2D eigenvalue weighted by atomic mass is 10.1. The van der Waals surface area contributed by atoms with Gasteiger partial charge in [-0.05, 0) is 69.9 Å². The van der Waals surface area contributed by atoms with Crippen LogP contribution >= 0.6 is 0 Å². The zero-order chi connectivity index (χ0) is 27.0. The molecule has 2 N–H and O–H groups in total. The largest absolute Gasteiger partial charge is 0.465 e. The summed E-state index contributed by atoms with van der Waals surface area (Å²) < 4.78 is 5.27. The quantitative estimate of drug-likeness (QED) is 0.175. The van der Waals surface area contributed by atoms with Crippen LogP contribution in [0.4, 0.5) is 5.69 Å². The smallest absolute Gasteiger partial charge is 0.325 e. The predicted octanol–water partition coefficient (Wildman–Crippen LogP) is 4.61. The van der Waals surface area contributed by atoms with E-state index >= 15 is 0 Å². The Morgan fingerprint density at radius 2 is 1.39 bits per heavy atom. The number of benzene rings is 1. The van der Waals surface area contributed by atoms with Crippen LogP contribution in [0.1, 0.15) is 63.7 Å². The summed E-state index contributed by atoms with van der Waals surface area (Å²) in [4.78, 5) is 34.5. The van der Waals surface area contributed by atoms with E-state index in [0.717, 1.165) is 62.9 Å². The summed E-state index contributed by atoms with van der Waals surface area (Å²) in [7, 11) is 0. The van der Waals surface area contributed by atoms with E-state index in [4.69, 9.17) is 4.74 Å². The van der Waals surface area contributed by atoms with Gasteiger partial charge in [0.2, 0.25) is 0 Å². The van der Waals surface area contributed by atoms with Crippen molar-refractivity contribution in [3.8, 4) is 0 Å². The van der Waals surface area contributed by atoms with E-state index in [-0.39, 0.29) is 12.5 Å². The Kier molecular flexibility index (Phi) is 12.9. The molecule has 38 heavy (non-hydrogen) atoms. The fraction of sp³-hybridized carbons (Fsp3) is 0.552. The second-order valence-electron chi connectivity index (χ2n) is 9.66. The van der Waals surface area contributed by atoms with Gasteiger partial charge in [0.15, 0.2) is 0 Å². The lowest BCUT2D eigenvalue weighted by molar-refractivity contribution is -0.141. The minimum absolute atomic E-state index is 0.182. The number of aromatic nitrogens is 4. The van der Waals surface area contributed by atoms with Gasteiger partial charge in [-0.1, -0.05) is 26.0 Å². The molecule has 0 atom stereocenters. The zero-order valence-electron chi connectivity index (χ0n) is 23.4. The van der Waals surface area contributed by atoms with Crippen molar-refractivity contribution in [3.63, 3.8) is 0 Å². The highest BCUT2D eigenvalue weighted by atomic mass is 16.5. The Balaban J connectivity index is 1.62. The van der Waals surface area contributed by atoms with Crippen molar-refractivity contribution in [2.45, 2.75) is 66.1 Å². The zero-order valence-corrected chi connectivity index (χ0v) is 23.4. The summed E-state index contributed by atoms with van der Waals surface area (Å²) in [5, 5.41) is 0. The van der Waals surface area contributed by atoms with Crippen LogP contribution in [0, 0.1) is 0 Å². The van der Waals surface area contributed by atoms with Crippen LogP contribution in [0.15, 0.2) is 49.1 Å². The van der Waals surface area contributed by atoms with Gasteiger partial charge >= 0.3 is 5.97 Å². The fourth-order valence-corrected chi connectivity index (χ4v) is 4.70. The molecule has 0 aliphatic rings. The number of esters is 1. The second kappa shape index (κ2) is 16.6. The van der Waals surface area contributed by atoms with Crippen molar-refractivity contribution in [3.05, 3.63) is 66.3 Å². The summed E-state index contributed by atoms with van der Waals surface area (Å²) >= 11 is 0. The minimum atomic E-state index is -0.182. The standard InChI is InChI=1S/C29H45N7O2/c1-4-17-34(18-5-2)19-7-8-20-36(24-29(37)38-6-3)26-11-9-25(10-12-26)21-35(22-27-30-13-14-31-27)23-28-32-15-16-33-28/h9-16H,4-8,17-24H2,1-3H3,(H,30,31)(H,32,33). The van der Waals surface area contributed by atoms with Crippen molar-refractivity contribution in [2.75, 3.05) is 44.2 Å². The first-order chi connectivity index (χ1) is 18.6. The molecular formula is C29H45N7O2. The number of imidazole rings is 2. The molecule has 3 aromatic rings. The van der Waals surface area contributed by atoms with E-state index in [1.807, 2.05) is 19.3 Å². The average Bonchev–Trinajstić information content (AvgIpc) is 3.61. The number of unbranched alkanes of at least 4 members (excludes halogenated alkanes) is 1. The molecule has 0 saturated heterocycles. The molecule has 0 spiro atoms. The van der Waals surface area contributed by atoms with Gasteiger partial charge in [-0.2, -0.15) is 0 Å². The van der Waals surface area contributed by atoms with Gasteiger partial charge in [0, 0.05) is 43.6 Å². The Bertz CT molecular complexity index is 964. The number of anilines is 1. The molecule has 1 aromatic carbocycles. The Labute approximate surface area is 227 Å². The van der Waals surface area contributed by atoms with Gasteiger partial charge in [-0.25, -0.2) is 9.97 Å². The Hall–Kier alpha value is -3.17. The van der Waals surface area contributed by atoms with Crippen molar-refractivity contribution >= 4 is 11.7 Å². The number of nitrogens with one attached hydrogen (secondary N) is 2. The molecule has 0 amide bonds. The Morgan fingerprint density at radius 3 is 1.92 bits per heavy atom. The molecule has 9 heteroatoms. The van der Waals surface area contributed by atoms with E-state index in [9.17, 15) is 4.79 Å². The predicted molar refractivity (Wildman–Crippen MR) is 152 cm³/mol. The van der Waals surface area contributed by atoms with Gasteiger partial charge in [-0.3, -0.25) is 9.69 Å². The van der Waals surface area contributed by atoms with Crippen LogP contribution in [-0.4, -0.2) is 75.0 Å². The van der Waals surface area contributed by atoms with Crippen LogP contribution < -0.4 is 4.90 Å². The molecule has 3 rings (SSSR count). The Morgan fingerprint density at radius 1 is 0.789 bits per heavy atom. The monoisotopic (exact) mass is 523 g/mol. The lowest BCUT2D eigenvalue weighted by Gasteiger charge is -2.26. The lowest BCUT2D eigenvalue weighted by Crippen LogP contribution is -2.33. The molecule has 0 unspecified atom stereocenters. The first-order valence-electron chi connectivity index (χ1n) is 14.0. The normalized spacial score (nSPS) is 11.4. The molecular weight excluding hydrogens is 478 g/mol. The molecule has 208 valence electrons. The number of hydrogen-bond donors (Lipinski definition) is 2. The summed E-state index contributed by atoms with van der Waals surface area (Å²) in [5.74, 6) is 1.66. The average molecular weight is 524 g/mol. The highest BCUT2D eigenvalue weighted by Gasteiger charge is 2.15. The van der Waals surface area contributed by atoms with E-state index < -0.39 is 0 Å². The third-order valence-corrected chi connectivity index (χ3v) is 6.42. The molecule has 2 heterocycles. The summed E-state index contributed by atoms with van der Waals surface area (Å²) in [6.45, 7) is 13.4. The number of hydrogen-bond acceptors (Lipinski definition) is 7. The number of carbonyl (C=O) groups excluding carboxylic acids is 1. The number of ether oxygens (including phenoxy) is 1. The van der Waals surface area contributed by atoms with Gasteiger partial charge in [0.25, 0.3) is 0 Å². The highest BCUT2D eigenvalue weighted by Crippen LogP contribution is 2.19. The molecule has 9 nitrogen and oxygen atoms in total. The number of nitrogens with zero attached hydrogens (tertiary/aromatic N) is 5. The van der Waals surface area contributed by atoms with E-state index in [1.54, 1.807) is 12.4 Å². The second-order valence-corrected chi connectivity index (χ2v) is 9.66. The van der Waals surface area contributed by atoms with Crippen LogP contribution in [0.3, 0.4) is 0 Å². The number of H-pyrrole nitrogens is 2. The molecule has 0 radical (unpaired) electrons. The molecule has 0 aliphatic heterocycles. The molecule has 0 bridgehead atoms. The molecule has 0 fully saturated rings. The SMILES string of the molecule is CCCN(CCC)CCCCN(CC(=O)OCC)c1ccc(CN(Cc2ncc[nH]2)Cc2ncc[nH]2)cc1. The van der Waals surface area contributed by atoms with Gasteiger partial charge in [0.1, 0.15) is 18.2 Å². The van der Waals surface area contributed by atoms with Crippen LogP contribution in [0.25, 0.3) is 0 Å². The van der Waals surface area contributed by atoms with Crippen molar-refractivity contribution in [2.24, 2.45) is 0 Å². The summed E-state index contributed by atoms with van der Waals surface area (Å²) in [5.41, 5.74) is 2.24. The van der Waals surface area contributed by atoms with E-state index in [2.05, 4.69) is 72.7 Å². The third-order valence-electron chi connectivity index (χ3n) is 6.42. The highest BCUT2D eigenvalue weighted by molar-refractivity contribution is 5.75.